The second-order valence-corrected chi connectivity index (χ2v) is 5.86. The Labute approximate surface area is 125 Å². The molecule has 2 aromatic heterocycles. The van der Waals surface area contributed by atoms with Crippen molar-refractivity contribution >= 4 is 37.9 Å². The molecule has 5 heteroatoms. The summed E-state index contributed by atoms with van der Waals surface area (Å²) in [6, 6.07) is 7.02. The minimum atomic E-state index is 0.270. The maximum absolute atomic E-state index is 5.67. The zero-order valence-corrected chi connectivity index (χ0v) is 13.3. The van der Waals surface area contributed by atoms with Crippen LogP contribution < -0.4 is 4.74 Å². The number of aromatic nitrogens is 3. The molecule has 0 N–H and O–H groups in total. The summed E-state index contributed by atoms with van der Waals surface area (Å²) < 4.78 is 8.84. The van der Waals surface area contributed by atoms with Crippen LogP contribution in [-0.2, 0) is 0 Å². The van der Waals surface area contributed by atoms with Gasteiger partial charge < -0.3 is 4.74 Å². The molecule has 2 heterocycles. The van der Waals surface area contributed by atoms with Gasteiger partial charge in [0.15, 0.2) is 0 Å². The molecule has 4 nitrogen and oxygen atoms in total. The maximum Gasteiger partial charge on any atom is 0.297 e. The fourth-order valence-electron chi connectivity index (χ4n) is 2.44. The first-order valence-corrected chi connectivity index (χ1v) is 7.50. The monoisotopic (exact) mass is 333 g/mol. The van der Waals surface area contributed by atoms with Gasteiger partial charge in [-0.2, -0.15) is 4.98 Å². The van der Waals surface area contributed by atoms with Gasteiger partial charge in [-0.3, -0.25) is 9.55 Å². The Morgan fingerprint density at radius 2 is 2.10 bits per heavy atom. The zero-order valence-electron chi connectivity index (χ0n) is 11.7. The fourth-order valence-corrected chi connectivity index (χ4v) is 2.80. The number of fused-ring (bicyclic) bond motifs is 3. The first-order chi connectivity index (χ1) is 9.61. The van der Waals surface area contributed by atoms with Gasteiger partial charge in [0.25, 0.3) is 6.01 Å². The molecule has 3 aromatic rings. The molecule has 0 atom stereocenters. The van der Waals surface area contributed by atoms with Gasteiger partial charge >= 0.3 is 0 Å². The number of nitrogens with zero attached hydrogens (tertiary/aromatic N) is 3. The summed E-state index contributed by atoms with van der Waals surface area (Å²) in [7, 11) is 0. The van der Waals surface area contributed by atoms with Crippen molar-refractivity contribution in [1.29, 1.82) is 0 Å². The molecule has 0 amide bonds. The summed E-state index contributed by atoms with van der Waals surface area (Å²) >= 11 is 3.53. The number of hydrogen-bond acceptors (Lipinski definition) is 3. The van der Waals surface area contributed by atoms with Crippen molar-refractivity contribution in [3.8, 4) is 6.01 Å². The number of benzene rings is 1. The lowest BCUT2D eigenvalue weighted by atomic mass is 10.2. The third-order valence-electron chi connectivity index (χ3n) is 3.24. The minimum Gasteiger partial charge on any atom is -0.465 e. The molecule has 1 aromatic carbocycles. The number of hydrogen-bond donors (Lipinski definition) is 0. The minimum absolute atomic E-state index is 0.270. The zero-order chi connectivity index (χ0) is 14.3. The van der Waals surface area contributed by atoms with Gasteiger partial charge in [0.2, 0.25) is 0 Å². The molecule has 3 rings (SSSR count). The first kappa shape index (κ1) is 13.4. The second kappa shape index (κ2) is 5.05. The number of ether oxygens (including phenoxy) is 1. The third kappa shape index (κ3) is 2.06. The Kier molecular flexibility index (Phi) is 3.38. The van der Waals surface area contributed by atoms with Crippen LogP contribution in [0, 0.1) is 0 Å². The van der Waals surface area contributed by atoms with E-state index in [2.05, 4.69) is 50.4 Å². The predicted molar refractivity (Wildman–Crippen MR) is 84.3 cm³/mol. The van der Waals surface area contributed by atoms with Crippen LogP contribution in [0.25, 0.3) is 21.9 Å². The summed E-state index contributed by atoms with van der Waals surface area (Å²) in [6.07, 6.45) is 1.81. The average Bonchev–Trinajstić information content (AvgIpc) is 2.77. The van der Waals surface area contributed by atoms with Gasteiger partial charge in [-0.05, 0) is 39.0 Å². The summed E-state index contributed by atoms with van der Waals surface area (Å²) in [4.78, 5) is 9.04. The Morgan fingerprint density at radius 1 is 1.30 bits per heavy atom. The van der Waals surface area contributed by atoms with Crippen molar-refractivity contribution in [1.82, 2.24) is 14.5 Å². The Bertz CT molecular complexity index is 779. The van der Waals surface area contributed by atoms with Crippen molar-refractivity contribution in [2.75, 3.05) is 6.61 Å². The van der Waals surface area contributed by atoms with E-state index in [-0.39, 0.29) is 6.04 Å². The molecule has 0 aliphatic rings. The van der Waals surface area contributed by atoms with E-state index in [0.717, 1.165) is 26.4 Å². The standard InChI is InChI=1S/C15H16BrN3O/c1-4-20-15-18-13-8-17-12-6-5-10(16)7-11(12)14(13)19(15)9(2)3/h5-9H,4H2,1-3H3. The summed E-state index contributed by atoms with van der Waals surface area (Å²) in [5.41, 5.74) is 2.91. The van der Waals surface area contributed by atoms with Crippen LogP contribution >= 0.6 is 15.9 Å². The SMILES string of the molecule is CCOc1nc2cnc3ccc(Br)cc3c2n1C(C)C. The number of rotatable bonds is 3. The molecule has 0 aliphatic heterocycles. The highest BCUT2D eigenvalue weighted by Crippen LogP contribution is 2.32. The fraction of sp³-hybridized carbons (Fsp3) is 0.333. The van der Waals surface area contributed by atoms with E-state index in [1.807, 2.05) is 25.3 Å². The number of imidazole rings is 1. The van der Waals surface area contributed by atoms with Crippen LogP contribution in [0.15, 0.2) is 28.9 Å². The molecule has 0 saturated heterocycles. The van der Waals surface area contributed by atoms with Crippen molar-refractivity contribution in [2.45, 2.75) is 26.8 Å². The topological polar surface area (TPSA) is 39.9 Å². The van der Waals surface area contributed by atoms with Crippen molar-refractivity contribution in [3.63, 3.8) is 0 Å². The third-order valence-corrected chi connectivity index (χ3v) is 3.73. The average molecular weight is 334 g/mol. The molecule has 20 heavy (non-hydrogen) atoms. The summed E-state index contributed by atoms with van der Waals surface area (Å²) in [6.45, 7) is 6.84. The molecule has 0 radical (unpaired) electrons. The van der Waals surface area contributed by atoms with Gasteiger partial charge in [-0.15, -0.1) is 0 Å². The Hall–Kier alpha value is -1.62. The van der Waals surface area contributed by atoms with E-state index in [1.165, 1.54) is 0 Å². The summed E-state index contributed by atoms with van der Waals surface area (Å²) in [5, 5.41) is 1.09. The highest BCUT2D eigenvalue weighted by molar-refractivity contribution is 9.10. The van der Waals surface area contributed by atoms with Crippen molar-refractivity contribution in [3.05, 3.63) is 28.9 Å². The molecular formula is C15H16BrN3O. The molecule has 104 valence electrons. The number of halogens is 1. The lowest BCUT2D eigenvalue weighted by Gasteiger charge is -2.13. The van der Waals surface area contributed by atoms with Gasteiger partial charge in [-0.1, -0.05) is 15.9 Å². The largest absolute Gasteiger partial charge is 0.465 e. The quantitative estimate of drug-likeness (QED) is 0.716. The van der Waals surface area contributed by atoms with E-state index in [0.29, 0.717) is 12.6 Å². The lowest BCUT2D eigenvalue weighted by molar-refractivity contribution is 0.292. The molecule has 0 aliphatic carbocycles. The number of pyridine rings is 1. The normalized spacial score (nSPS) is 11.7. The highest BCUT2D eigenvalue weighted by Gasteiger charge is 2.17. The van der Waals surface area contributed by atoms with E-state index >= 15 is 0 Å². The maximum atomic E-state index is 5.67. The van der Waals surface area contributed by atoms with Crippen LogP contribution in [-0.4, -0.2) is 21.1 Å². The summed E-state index contributed by atoms with van der Waals surface area (Å²) in [5.74, 6) is 0. The van der Waals surface area contributed by atoms with Gasteiger partial charge in [0, 0.05) is 15.9 Å². The second-order valence-electron chi connectivity index (χ2n) is 4.94. The Morgan fingerprint density at radius 3 is 2.80 bits per heavy atom. The van der Waals surface area contributed by atoms with E-state index in [1.54, 1.807) is 0 Å². The van der Waals surface area contributed by atoms with Crippen LogP contribution in [0.4, 0.5) is 0 Å². The highest BCUT2D eigenvalue weighted by atomic mass is 79.9. The van der Waals surface area contributed by atoms with E-state index in [9.17, 15) is 0 Å². The van der Waals surface area contributed by atoms with Crippen LogP contribution in [0.3, 0.4) is 0 Å². The molecule has 0 unspecified atom stereocenters. The molecular weight excluding hydrogens is 318 g/mol. The van der Waals surface area contributed by atoms with Crippen molar-refractivity contribution < 1.29 is 4.74 Å². The van der Waals surface area contributed by atoms with E-state index in [4.69, 9.17) is 4.74 Å². The van der Waals surface area contributed by atoms with Gasteiger partial charge in [-0.25, -0.2) is 0 Å². The first-order valence-electron chi connectivity index (χ1n) is 6.70. The van der Waals surface area contributed by atoms with Crippen LogP contribution in [0.5, 0.6) is 6.01 Å². The van der Waals surface area contributed by atoms with Crippen LogP contribution in [0.1, 0.15) is 26.8 Å². The van der Waals surface area contributed by atoms with Gasteiger partial charge in [0.05, 0.1) is 23.8 Å². The van der Waals surface area contributed by atoms with Crippen LogP contribution in [0.2, 0.25) is 0 Å². The van der Waals surface area contributed by atoms with Crippen molar-refractivity contribution in [2.24, 2.45) is 0 Å². The molecule has 0 fully saturated rings. The van der Waals surface area contributed by atoms with Gasteiger partial charge in [0.1, 0.15) is 5.52 Å². The predicted octanol–water partition coefficient (Wildman–Crippen LogP) is 4.33. The molecule has 0 bridgehead atoms. The lowest BCUT2D eigenvalue weighted by Crippen LogP contribution is -2.06. The molecule has 0 spiro atoms. The molecule has 0 saturated carbocycles. The smallest absolute Gasteiger partial charge is 0.297 e. The Balaban J connectivity index is 2.44. The van der Waals surface area contributed by atoms with E-state index < -0.39 is 0 Å².